The van der Waals surface area contributed by atoms with Crippen LogP contribution >= 0.6 is 11.3 Å². The number of hydrogen-bond acceptors (Lipinski definition) is 5. The van der Waals surface area contributed by atoms with Crippen molar-refractivity contribution in [1.82, 2.24) is 9.80 Å². The highest BCUT2D eigenvalue weighted by atomic mass is 32.1. The van der Waals surface area contributed by atoms with E-state index in [2.05, 4.69) is 16.3 Å². The molecular weight excluding hydrogens is 360 g/mol. The third-order valence-electron chi connectivity index (χ3n) is 5.59. The monoisotopic (exact) mass is 386 g/mol. The van der Waals surface area contributed by atoms with Crippen molar-refractivity contribution in [2.24, 2.45) is 0 Å². The van der Waals surface area contributed by atoms with Crippen LogP contribution in [0.5, 0.6) is 11.5 Å². The second-order valence-electron chi connectivity index (χ2n) is 7.14. The Kier molecular flexibility index (Phi) is 5.64. The largest absolute Gasteiger partial charge is 0.493 e. The molecule has 1 aromatic carbocycles. The smallest absolute Gasteiger partial charge is 0.260 e. The molecule has 0 radical (unpaired) electrons. The van der Waals surface area contributed by atoms with Crippen LogP contribution < -0.4 is 9.47 Å². The molecule has 0 bridgehead atoms. The Morgan fingerprint density at radius 3 is 2.70 bits per heavy atom. The number of para-hydroxylation sites is 2. The van der Waals surface area contributed by atoms with Gasteiger partial charge in [-0.25, -0.2) is 0 Å². The van der Waals surface area contributed by atoms with E-state index in [1.165, 1.54) is 12.0 Å². The number of methoxy groups -OCH3 is 1. The lowest BCUT2D eigenvalue weighted by molar-refractivity contribution is -0.135. The van der Waals surface area contributed by atoms with Crippen molar-refractivity contribution in [3.63, 3.8) is 0 Å². The maximum absolute atomic E-state index is 12.5. The molecule has 2 aliphatic heterocycles. The Hall–Kier alpha value is -2.05. The second-order valence-corrected chi connectivity index (χ2v) is 8.14. The van der Waals surface area contributed by atoms with Crippen LogP contribution in [-0.2, 0) is 17.8 Å². The van der Waals surface area contributed by atoms with Gasteiger partial charge in [-0.15, -0.1) is 11.3 Å². The fourth-order valence-corrected chi connectivity index (χ4v) is 4.92. The average Bonchev–Trinajstić information content (AvgIpc) is 3.20. The zero-order chi connectivity index (χ0) is 18.6. The molecule has 3 heterocycles. The summed E-state index contributed by atoms with van der Waals surface area (Å²) in [5, 5.41) is 2.21. The quantitative estimate of drug-likeness (QED) is 0.792. The molecule has 4 rings (SSSR count). The Bertz CT molecular complexity index is 783. The van der Waals surface area contributed by atoms with Crippen molar-refractivity contribution in [2.75, 3.05) is 33.4 Å². The lowest BCUT2D eigenvalue weighted by Crippen LogP contribution is -2.48. The molecule has 1 amide bonds. The molecule has 1 aromatic heterocycles. The van der Waals surface area contributed by atoms with Crippen molar-refractivity contribution in [1.29, 1.82) is 0 Å². The SMILES string of the molecule is COc1ccccc1OCC(=O)N1CCC(N2CCc3sccc3C2)CC1. The minimum absolute atomic E-state index is 0.0538. The highest BCUT2D eigenvalue weighted by molar-refractivity contribution is 7.10. The van der Waals surface area contributed by atoms with E-state index in [4.69, 9.17) is 9.47 Å². The Balaban J connectivity index is 1.26. The highest BCUT2D eigenvalue weighted by Crippen LogP contribution is 2.28. The molecule has 0 saturated carbocycles. The van der Waals surface area contributed by atoms with Crippen LogP contribution in [-0.4, -0.2) is 55.1 Å². The lowest BCUT2D eigenvalue weighted by Gasteiger charge is -2.40. The van der Waals surface area contributed by atoms with Gasteiger partial charge < -0.3 is 14.4 Å². The molecule has 0 aliphatic carbocycles. The van der Waals surface area contributed by atoms with Gasteiger partial charge in [-0.05, 0) is 48.4 Å². The normalized spacial score (nSPS) is 18.2. The van der Waals surface area contributed by atoms with Gasteiger partial charge in [0.15, 0.2) is 18.1 Å². The molecule has 27 heavy (non-hydrogen) atoms. The molecule has 5 nitrogen and oxygen atoms in total. The summed E-state index contributed by atoms with van der Waals surface area (Å²) in [6, 6.07) is 10.3. The van der Waals surface area contributed by atoms with Crippen LogP contribution in [0, 0.1) is 0 Å². The minimum atomic E-state index is 0.0538. The number of nitrogens with zero attached hydrogens (tertiary/aromatic N) is 2. The van der Waals surface area contributed by atoms with Crippen LogP contribution in [0.4, 0.5) is 0 Å². The van der Waals surface area contributed by atoms with Crippen LogP contribution in [0.1, 0.15) is 23.3 Å². The number of benzene rings is 1. The fraction of sp³-hybridized carbons (Fsp3) is 0.476. The molecule has 1 saturated heterocycles. The summed E-state index contributed by atoms with van der Waals surface area (Å²) in [5.41, 5.74) is 1.50. The predicted molar refractivity (Wildman–Crippen MR) is 107 cm³/mol. The summed E-state index contributed by atoms with van der Waals surface area (Å²) in [4.78, 5) is 18.6. The molecule has 6 heteroatoms. The highest BCUT2D eigenvalue weighted by Gasteiger charge is 2.29. The summed E-state index contributed by atoms with van der Waals surface area (Å²) in [5.74, 6) is 1.32. The van der Waals surface area contributed by atoms with Crippen LogP contribution in [0.15, 0.2) is 35.7 Å². The molecule has 1 fully saturated rings. The number of amides is 1. The minimum Gasteiger partial charge on any atom is -0.493 e. The van der Waals surface area contributed by atoms with Crippen LogP contribution in [0.3, 0.4) is 0 Å². The third kappa shape index (κ3) is 4.12. The molecule has 0 spiro atoms. The van der Waals surface area contributed by atoms with E-state index in [9.17, 15) is 4.79 Å². The summed E-state index contributed by atoms with van der Waals surface area (Å²) >= 11 is 1.88. The maximum Gasteiger partial charge on any atom is 0.260 e. The number of fused-ring (bicyclic) bond motifs is 1. The van der Waals surface area contributed by atoms with Gasteiger partial charge in [0, 0.05) is 37.1 Å². The first-order valence-electron chi connectivity index (χ1n) is 9.57. The molecule has 0 atom stereocenters. The van der Waals surface area contributed by atoms with E-state index in [0.29, 0.717) is 17.5 Å². The van der Waals surface area contributed by atoms with Gasteiger partial charge in [0.05, 0.1) is 7.11 Å². The third-order valence-corrected chi connectivity index (χ3v) is 6.61. The number of carbonyl (C=O) groups excluding carboxylic acids is 1. The number of rotatable bonds is 5. The van der Waals surface area contributed by atoms with Gasteiger partial charge in [0.2, 0.25) is 0 Å². The first-order chi connectivity index (χ1) is 13.2. The van der Waals surface area contributed by atoms with Crippen molar-refractivity contribution in [2.45, 2.75) is 31.8 Å². The molecule has 0 N–H and O–H groups in total. The lowest BCUT2D eigenvalue weighted by atomic mass is 9.99. The van der Waals surface area contributed by atoms with Gasteiger partial charge in [-0.3, -0.25) is 9.69 Å². The van der Waals surface area contributed by atoms with E-state index >= 15 is 0 Å². The van der Waals surface area contributed by atoms with Crippen LogP contribution in [0.25, 0.3) is 0 Å². The fourth-order valence-electron chi connectivity index (χ4n) is 4.03. The summed E-state index contributed by atoms with van der Waals surface area (Å²) in [6.45, 7) is 3.89. The first kappa shape index (κ1) is 18.3. The van der Waals surface area contributed by atoms with E-state index in [0.717, 1.165) is 39.0 Å². The standard InChI is InChI=1S/C21H26N2O3S/c1-25-18-4-2-3-5-19(18)26-15-21(24)22-10-6-17(7-11-22)23-12-8-20-16(14-23)9-13-27-20/h2-5,9,13,17H,6-8,10-12,14-15H2,1H3. The van der Waals surface area contributed by atoms with Gasteiger partial charge in [0.25, 0.3) is 5.91 Å². The molecule has 2 aliphatic rings. The van der Waals surface area contributed by atoms with Gasteiger partial charge in [-0.1, -0.05) is 12.1 Å². The van der Waals surface area contributed by atoms with E-state index in [-0.39, 0.29) is 12.5 Å². The van der Waals surface area contributed by atoms with E-state index < -0.39 is 0 Å². The number of carbonyl (C=O) groups is 1. The second kappa shape index (κ2) is 8.31. The Morgan fingerprint density at radius 1 is 1.15 bits per heavy atom. The van der Waals surface area contributed by atoms with Crippen molar-refractivity contribution >= 4 is 17.2 Å². The topological polar surface area (TPSA) is 42.0 Å². The molecule has 0 unspecified atom stereocenters. The van der Waals surface area contributed by atoms with E-state index in [1.54, 1.807) is 12.0 Å². The maximum atomic E-state index is 12.5. The number of ether oxygens (including phenoxy) is 2. The number of hydrogen-bond donors (Lipinski definition) is 0. The van der Waals surface area contributed by atoms with Gasteiger partial charge >= 0.3 is 0 Å². The van der Waals surface area contributed by atoms with Crippen LogP contribution in [0.2, 0.25) is 0 Å². The molecule has 2 aromatic rings. The summed E-state index contributed by atoms with van der Waals surface area (Å²) in [7, 11) is 1.61. The van der Waals surface area contributed by atoms with Gasteiger partial charge in [0.1, 0.15) is 0 Å². The molecule has 144 valence electrons. The first-order valence-corrected chi connectivity index (χ1v) is 10.5. The van der Waals surface area contributed by atoms with Gasteiger partial charge in [-0.2, -0.15) is 0 Å². The average molecular weight is 387 g/mol. The Labute approximate surface area is 164 Å². The Morgan fingerprint density at radius 2 is 1.93 bits per heavy atom. The van der Waals surface area contributed by atoms with E-state index in [1.807, 2.05) is 40.5 Å². The summed E-state index contributed by atoms with van der Waals surface area (Å²) in [6.07, 6.45) is 3.25. The van der Waals surface area contributed by atoms with Crippen molar-refractivity contribution in [3.05, 3.63) is 46.2 Å². The number of piperidine rings is 1. The summed E-state index contributed by atoms with van der Waals surface area (Å²) < 4.78 is 11.0. The van der Waals surface area contributed by atoms with Crippen molar-refractivity contribution in [3.8, 4) is 11.5 Å². The number of thiophene rings is 1. The zero-order valence-corrected chi connectivity index (χ0v) is 16.5. The molecular formula is C21H26N2O3S. The zero-order valence-electron chi connectivity index (χ0n) is 15.7. The number of likely N-dealkylation sites (tertiary alicyclic amines) is 1. The van der Waals surface area contributed by atoms with Crippen molar-refractivity contribution < 1.29 is 14.3 Å². The predicted octanol–water partition coefficient (Wildman–Crippen LogP) is 3.18.